The van der Waals surface area contributed by atoms with Crippen molar-refractivity contribution < 1.29 is 4.79 Å². The van der Waals surface area contributed by atoms with Crippen molar-refractivity contribution in [3.63, 3.8) is 0 Å². The van der Waals surface area contributed by atoms with Crippen LogP contribution in [0.3, 0.4) is 0 Å². The van der Waals surface area contributed by atoms with Crippen LogP contribution in [0, 0.1) is 17.2 Å². The molecule has 6 heteroatoms. The first-order valence-electron chi connectivity index (χ1n) is 11.7. The number of nitrogens with one attached hydrogen (secondary N) is 1. The van der Waals surface area contributed by atoms with Crippen LogP contribution in [0.2, 0.25) is 0 Å². The summed E-state index contributed by atoms with van der Waals surface area (Å²) in [5.74, 6) is 0.232. The Morgan fingerprint density at radius 1 is 1.09 bits per heavy atom. The van der Waals surface area contributed by atoms with E-state index < -0.39 is 0 Å². The largest absolute Gasteiger partial charge is 0.355 e. The summed E-state index contributed by atoms with van der Waals surface area (Å²) in [5, 5.41) is 12.1. The zero-order chi connectivity index (χ0) is 22.9. The summed E-state index contributed by atoms with van der Waals surface area (Å²) in [7, 11) is 0. The van der Waals surface area contributed by atoms with Gasteiger partial charge in [-0.3, -0.25) is 4.79 Å². The SMILES string of the molecule is N#Cc1ccc(Cn2cncc2CCNC(=O)C2CCCN(CCc3ccccc3)C2)cc1. The molecule has 6 nitrogen and oxygen atoms in total. The second-order valence-corrected chi connectivity index (χ2v) is 8.74. The Bertz CT molecular complexity index is 1070. The molecule has 2 heterocycles. The van der Waals surface area contributed by atoms with Gasteiger partial charge in [-0.05, 0) is 49.1 Å². The van der Waals surface area contributed by atoms with E-state index in [1.165, 1.54) is 5.56 Å². The van der Waals surface area contributed by atoms with Gasteiger partial charge in [-0.1, -0.05) is 42.5 Å². The summed E-state index contributed by atoms with van der Waals surface area (Å²) >= 11 is 0. The third-order valence-electron chi connectivity index (χ3n) is 6.35. The zero-order valence-electron chi connectivity index (χ0n) is 19.0. The van der Waals surface area contributed by atoms with Crippen LogP contribution in [0.25, 0.3) is 0 Å². The minimum atomic E-state index is 0.0677. The number of hydrogen-bond donors (Lipinski definition) is 1. The number of amides is 1. The van der Waals surface area contributed by atoms with Crippen LogP contribution in [0.15, 0.2) is 67.1 Å². The van der Waals surface area contributed by atoms with Crippen LogP contribution in [-0.2, 0) is 24.2 Å². The quantitative estimate of drug-likeness (QED) is 0.552. The summed E-state index contributed by atoms with van der Waals surface area (Å²) < 4.78 is 2.10. The van der Waals surface area contributed by atoms with E-state index in [1.807, 2.05) is 42.9 Å². The maximum absolute atomic E-state index is 12.8. The molecule has 2 aromatic carbocycles. The van der Waals surface area contributed by atoms with Crippen LogP contribution in [0.1, 0.15) is 35.2 Å². The van der Waals surface area contributed by atoms with E-state index in [0.29, 0.717) is 18.7 Å². The van der Waals surface area contributed by atoms with Crippen LogP contribution in [0.5, 0.6) is 0 Å². The van der Waals surface area contributed by atoms with E-state index in [9.17, 15) is 4.79 Å². The minimum absolute atomic E-state index is 0.0677. The molecule has 0 aliphatic carbocycles. The van der Waals surface area contributed by atoms with Gasteiger partial charge in [0.05, 0.1) is 23.9 Å². The Kier molecular flexibility index (Phi) is 7.89. The fourth-order valence-electron chi connectivity index (χ4n) is 4.44. The van der Waals surface area contributed by atoms with Crippen molar-refractivity contribution in [2.75, 3.05) is 26.2 Å². The van der Waals surface area contributed by atoms with Crippen molar-refractivity contribution in [2.45, 2.75) is 32.2 Å². The standard InChI is InChI=1S/C27H31N5O/c28-17-23-8-10-24(11-9-23)19-32-21-29-18-26(32)12-14-30-27(33)25-7-4-15-31(20-25)16-13-22-5-2-1-3-6-22/h1-3,5-6,8-11,18,21,25H,4,7,12-16,19-20H2,(H,30,33). The molecule has 3 aromatic rings. The molecule has 0 saturated carbocycles. The average molecular weight is 442 g/mol. The van der Waals surface area contributed by atoms with E-state index in [4.69, 9.17) is 5.26 Å². The number of imidazole rings is 1. The molecule has 170 valence electrons. The molecular weight excluding hydrogens is 410 g/mol. The summed E-state index contributed by atoms with van der Waals surface area (Å²) in [4.78, 5) is 19.5. The fourth-order valence-corrected chi connectivity index (χ4v) is 4.44. The number of rotatable bonds is 9. The van der Waals surface area contributed by atoms with Crippen LogP contribution in [-0.4, -0.2) is 46.5 Å². The second-order valence-electron chi connectivity index (χ2n) is 8.74. The highest BCUT2D eigenvalue weighted by Crippen LogP contribution is 2.17. The predicted octanol–water partition coefficient (Wildman–Crippen LogP) is 3.42. The third-order valence-corrected chi connectivity index (χ3v) is 6.35. The van der Waals surface area contributed by atoms with Gasteiger partial charge in [0.15, 0.2) is 0 Å². The monoisotopic (exact) mass is 441 g/mol. The lowest BCUT2D eigenvalue weighted by Gasteiger charge is -2.32. The lowest BCUT2D eigenvalue weighted by atomic mass is 9.96. The molecule has 0 radical (unpaired) electrons. The number of benzene rings is 2. The first kappa shape index (κ1) is 22.8. The number of nitrogens with zero attached hydrogens (tertiary/aromatic N) is 4. The van der Waals surface area contributed by atoms with E-state index in [-0.39, 0.29) is 11.8 Å². The Balaban J connectivity index is 1.22. The topological polar surface area (TPSA) is 74.0 Å². The average Bonchev–Trinajstić information content (AvgIpc) is 3.30. The normalized spacial score (nSPS) is 16.3. The van der Waals surface area contributed by atoms with Gasteiger partial charge in [-0.25, -0.2) is 4.98 Å². The Morgan fingerprint density at radius 2 is 1.91 bits per heavy atom. The molecular formula is C27H31N5O. The highest BCUT2D eigenvalue weighted by atomic mass is 16.1. The molecule has 1 aromatic heterocycles. The highest BCUT2D eigenvalue weighted by Gasteiger charge is 2.25. The van der Waals surface area contributed by atoms with Gasteiger partial charge in [0.25, 0.3) is 0 Å². The molecule has 1 aliphatic rings. The molecule has 0 spiro atoms. The Morgan fingerprint density at radius 3 is 2.70 bits per heavy atom. The van der Waals surface area contributed by atoms with E-state index in [0.717, 1.165) is 56.6 Å². The van der Waals surface area contributed by atoms with Crippen LogP contribution >= 0.6 is 0 Å². The first-order chi connectivity index (χ1) is 16.2. The van der Waals surface area contributed by atoms with Crippen molar-refractivity contribution in [3.8, 4) is 6.07 Å². The van der Waals surface area contributed by atoms with Gasteiger partial charge in [0.1, 0.15) is 0 Å². The maximum atomic E-state index is 12.8. The van der Waals surface area contributed by atoms with Crippen molar-refractivity contribution in [1.82, 2.24) is 19.8 Å². The molecule has 1 N–H and O–H groups in total. The van der Waals surface area contributed by atoms with Crippen molar-refractivity contribution >= 4 is 5.91 Å². The summed E-state index contributed by atoms with van der Waals surface area (Å²) in [6.07, 6.45) is 7.49. The van der Waals surface area contributed by atoms with Crippen molar-refractivity contribution in [2.24, 2.45) is 5.92 Å². The summed E-state index contributed by atoms with van der Waals surface area (Å²) in [6, 6.07) is 20.3. The maximum Gasteiger partial charge on any atom is 0.224 e. The van der Waals surface area contributed by atoms with Crippen molar-refractivity contribution in [3.05, 3.63) is 89.5 Å². The molecule has 1 unspecified atom stereocenters. The second kappa shape index (κ2) is 11.4. The van der Waals surface area contributed by atoms with E-state index in [2.05, 4.69) is 50.1 Å². The minimum Gasteiger partial charge on any atom is -0.355 e. The number of piperidine rings is 1. The lowest BCUT2D eigenvalue weighted by molar-refractivity contribution is -0.126. The van der Waals surface area contributed by atoms with Gasteiger partial charge in [-0.2, -0.15) is 5.26 Å². The van der Waals surface area contributed by atoms with Crippen molar-refractivity contribution in [1.29, 1.82) is 5.26 Å². The number of aromatic nitrogens is 2. The van der Waals surface area contributed by atoms with Gasteiger partial charge in [-0.15, -0.1) is 0 Å². The molecule has 1 aliphatic heterocycles. The van der Waals surface area contributed by atoms with Crippen LogP contribution < -0.4 is 5.32 Å². The predicted molar refractivity (Wildman–Crippen MR) is 129 cm³/mol. The molecule has 0 bridgehead atoms. The Labute approximate surface area is 195 Å². The molecule has 33 heavy (non-hydrogen) atoms. The van der Waals surface area contributed by atoms with E-state index >= 15 is 0 Å². The first-order valence-corrected chi connectivity index (χ1v) is 11.7. The fraction of sp³-hybridized carbons (Fsp3) is 0.370. The smallest absolute Gasteiger partial charge is 0.224 e. The number of nitriles is 1. The lowest BCUT2D eigenvalue weighted by Crippen LogP contribution is -2.44. The number of likely N-dealkylation sites (tertiary alicyclic amines) is 1. The number of hydrogen-bond acceptors (Lipinski definition) is 4. The summed E-state index contributed by atoms with van der Waals surface area (Å²) in [5.41, 5.74) is 4.22. The van der Waals surface area contributed by atoms with Gasteiger partial charge < -0.3 is 14.8 Å². The zero-order valence-corrected chi connectivity index (χ0v) is 19.0. The molecule has 1 amide bonds. The molecule has 1 atom stereocenters. The molecule has 1 fully saturated rings. The van der Waals surface area contributed by atoms with Gasteiger partial charge >= 0.3 is 0 Å². The molecule has 1 saturated heterocycles. The molecule has 4 rings (SSSR count). The van der Waals surface area contributed by atoms with Crippen LogP contribution in [0.4, 0.5) is 0 Å². The third kappa shape index (κ3) is 6.53. The van der Waals surface area contributed by atoms with Gasteiger partial charge in [0, 0.05) is 44.5 Å². The number of carbonyl (C=O) groups excluding carboxylic acids is 1. The van der Waals surface area contributed by atoms with E-state index in [1.54, 1.807) is 0 Å². The number of carbonyl (C=O) groups is 1. The van der Waals surface area contributed by atoms with Gasteiger partial charge in [0.2, 0.25) is 5.91 Å². The highest BCUT2D eigenvalue weighted by molar-refractivity contribution is 5.78. The summed E-state index contributed by atoms with van der Waals surface area (Å²) in [6.45, 7) is 4.23. The Hall–Kier alpha value is -3.43.